The highest BCUT2D eigenvalue weighted by molar-refractivity contribution is 5.74. The fraction of sp³-hybridized carbons (Fsp3) is 0.310. The highest BCUT2D eigenvalue weighted by Gasteiger charge is 2.33. The predicted molar refractivity (Wildman–Crippen MR) is 125 cm³/mol. The summed E-state index contributed by atoms with van der Waals surface area (Å²) < 4.78 is 52.0. The lowest BCUT2D eigenvalue weighted by atomic mass is 9.83. The minimum atomic E-state index is -4.71. The van der Waals surface area contributed by atoms with Crippen LogP contribution >= 0.6 is 0 Å². The van der Waals surface area contributed by atoms with Crippen molar-refractivity contribution in [3.8, 4) is 23.0 Å². The van der Waals surface area contributed by atoms with Gasteiger partial charge >= 0.3 is 6.18 Å². The maximum Gasteiger partial charge on any atom is 0.419 e. The Hall–Kier alpha value is -3.06. The van der Waals surface area contributed by atoms with Gasteiger partial charge in [-0.05, 0) is 83.8 Å². The van der Waals surface area contributed by atoms with Crippen molar-refractivity contribution < 1.29 is 17.6 Å². The Morgan fingerprint density at radius 2 is 1.39 bits per heavy atom. The molecule has 0 unspecified atom stereocenters. The van der Waals surface area contributed by atoms with Crippen LogP contribution in [0.4, 0.5) is 17.6 Å². The Balaban J connectivity index is 1.51. The molecule has 0 amide bonds. The van der Waals surface area contributed by atoms with E-state index in [1.165, 1.54) is 59.6 Å². The molecule has 0 heterocycles. The van der Waals surface area contributed by atoms with E-state index in [2.05, 4.69) is 43.0 Å². The monoisotopic (exact) mass is 450 g/mol. The average molecular weight is 451 g/mol. The second kappa shape index (κ2) is 9.83. The van der Waals surface area contributed by atoms with Crippen molar-refractivity contribution in [3.05, 3.63) is 93.8 Å². The molecular weight excluding hydrogens is 424 g/mol. The molecule has 1 aliphatic carbocycles. The van der Waals surface area contributed by atoms with Crippen LogP contribution in [-0.4, -0.2) is 0 Å². The molecule has 0 atom stereocenters. The van der Waals surface area contributed by atoms with Crippen molar-refractivity contribution in [1.82, 2.24) is 0 Å². The topological polar surface area (TPSA) is 0 Å². The first kappa shape index (κ1) is 23.1. The van der Waals surface area contributed by atoms with E-state index in [-0.39, 0.29) is 5.56 Å². The molecule has 0 nitrogen and oxygen atoms in total. The van der Waals surface area contributed by atoms with E-state index >= 15 is 0 Å². The van der Waals surface area contributed by atoms with Crippen molar-refractivity contribution in [1.29, 1.82) is 0 Å². The number of aryl methyl sites for hydroxylation is 3. The summed E-state index contributed by atoms with van der Waals surface area (Å²) in [5.74, 6) is 4.45. The summed E-state index contributed by atoms with van der Waals surface area (Å²) in [6.45, 7) is 2.22. The van der Waals surface area contributed by atoms with E-state index in [4.69, 9.17) is 0 Å². The predicted octanol–water partition coefficient (Wildman–Crippen LogP) is 8.13. The molecule has 1 aliphatic rings. The molecule has 0 spiro atoms. The summed E-state index contributed by atoms with van der Waals surface area (Å²) in [6.07, 6.45) is 3.36. The zero-order chi connectivity index (χ0) is 23.4. The molecule has 0 saturated heterocycles. The number of hydrogen-bond donors (Lipinski definition) is 0. The lowest BCUT2D eigenvalue weighted by Crippen LogP contribution is -2.07. The van der Waals surface area contributed by atoms with E-state index in [0.717, 1.165) is 37.0 Å². The Bertz CT molecular complexity index is 1210. The van der Waals surface area contributed by atoms with Gasteiger partial charge in [-0.3, -0.25) is 0 Å². The van der Waals surface area contributed by atoms with Crippen molar-refractivity contribution in [2.75, 3.05) is 0 Å². The molecule has 0 radical (unpaired) electrons. The molecule has 0 saturated carbocycles. The molecule has 0 aliphatic heterocycles. The van der Waals surface area contributed by atoms with Gasteiger partial charge in [0.25, 0.3) is 0 Å². The van der Waals surface area contributed by atoms with Crippen molar-refractivity contribution in [3.63, 3.8) is 0 Å². The van der Waals surface area contributed by atoms with Gasteiger partial charge in [-0.25, -0.2) is 4.39 Å². The quantitative estimate of drug-likeness (QED) is 0.209. The third-order valence-corrected chi connectivity index (χ3v) is 6.17. The number of benzene rings is 3. The number of rotatable bonds is 5. The van der Waals surface area contributed by atoms with E-state index in [9.17, 15) is 17.6 Å². The van der Waals surface area contributed by atoms with E-state index < -0.39 is 17.6 Å². The van der Waals surface area contributed by atoms with Crippen LogP contribution in [0.2, 0.25) is 0 Å². The average Bonchev–Trinajstić information content (AvgIpc) is 2.79. The third kappa shape index (κ3) is 5.47. The molecule has 3 aromatic rings. The molecule has 4 rings (SSSR count). The van der Waals surface area contributed by atoms with Crippen LogP contribution in [0.1, 0.15) is 66.0 Å². The van der Waals surface area contributed by atoms with Crippen LogP contribution < -0.4 is 0 Å². The minimum absolute atomic E-state index is 0.218. The summed E-state index contributed by atoms with van der Waals surface area (Å²) in [6, 6.07) is 15.6. The van der Waals surface area contributed by atoms with Crippen LogP contribution in [0.3, 0.4) is 0 Å². The molecule has 0 aromatic heterocycles. The lowest BCUT2D eigenvalue weighted by molar-refractivity contribution is -0.140. The summed E-state index contributed by atoms with van der Waals surface area (Å²) in [5, 5.41) is 0. The first-order valence-electron chi connectivity index (χ1n) is 11.5. The number of hydrogen-bond acceptors (Lipinski definition) is 0. The molecule has 0 fully saturated rings. The minimum Gasteiger partial charge on any atom is -0.206 e. The van der Waals surface area contributed by atoms with Gasteiger partial charge in [-0.2, -0.15) is 13.2 Å². The van der Waals surface area contributed by atoms with E-state index in [1.54, 1.807) is 0 Å². The fourth-order valence-electron chi connectivity index (χ4n) is 4.41. The van der Waals surface area contributed by atoms with Crippen LogP contribution in [0, 0.1) is 17.7 Å². The largest absolute Gasteiger partial charge is 0.419 e. The summed E-state index contributed by atoms with van der Waals surface area (Å²) >= 11 is 0. The smallest absolute Gasteiger partial charge is 0.206 e. The maximum atomic E-state index is 13.8. The second-order valence-electron chi connectivity index (χ2n) is 8.62. The highest BCUT2D eigenvalue weighted by Crippen LogP contribution is 2.35. The molecule has 0 N–H and O–H groups in total. The molecule has 170 valence electrons. The maximum absolute atomic E-state index is 13.8. The van der Waals surface area contributed by atoms with Crippen molar-refractivity contribution >= 4 is 0 Å². The third-order valence-electron chi connectivity index (χ3n) is 6.17. The zero-order valence-corrected chi connectivity index (χ0v) is 18.7. The summed E-state index contributed by atoms with van der Waals surface area (Å²) in [7, 11) is 0. The second-order valence-corrected chi connectivity index (χ2v) is 8.62. The zero-order valence-electron chi connectivity index (χ0n) is 18.7. The summed E-state index contributed by atoms with van der Waals surface area (Å²) in [5.41, 5.74) is 6.18. The van der Waals surface area contributed by atoms with Gasteiger partial charge < -0.3 is 0 Å². The number of unbranched alkanes of at least 4 members (excludes halogenated alkanes) is 3. The lowest BCUT2D eigenvalue weighted by Gasteiger charge is -2.21. The molecule has 0 bridgehead atoms. The fourth-order valence-corrected chi connectivity index (χ4v) is 4.41. The Kier molecular flexibility index (Phi) is 6.88. The Morgan fingerprint density at radius 1 is 0.758 bits per heavy atom. The molecule has 4 heteroatoms. The molecule has 3 aromatic carbocycles. The summed E-state index contributed by atoms with van der Waals surface area (Å²) in [4.78, 5) is 0. The Labute approximate surface area is 192 Å². The van der Waals surface area contributed by atoms with E-state index in [1.807, 2.05) is 12.1 Å². The van der Waals surface area contributed by atoms with Gasteiger partial charge in [-0.15, -0.1) is 0 Å². The van der Waals surface area contributed by atoms with Gasteiger partial charge in [0.05, 0.1) is 5.56 Å². The highest BCUT2D eigenvalue weighted by atomic mass is 19.4. The molecular formula is C29H26F4. The van der Waals surface area contributed by atoms with Crippen LogP contribution in [0.5, 0.6) is 0 Å². The van der Waals surface area contributed by atoms with Gasteiger partial charge in [0.15, 0.2) is 0 Å². The van der Waals surface area contributed by atoms with Crippen molar-refractivity contribution in [2.45, 2.75) is 58.0 Å². The van der Waals surface area contributed by atoms with E-state index in [0.29, 0.717) is 0 Å². The van der Waals surface area contributed by atoms with Crippen LogP contribution in [0.25, 0.3) is 11.1 Å². The van der Waals surface area contributed by atoms with Gasteiger partial charge in [-0.1, -0.05) is 62.3 Å². The number of halogens is 4. The Morgan fingerprint density at radius 3 is 2.06 bits per heavy atom. The first-order valence-corrected chi connectivity index (χ1v) is 11.5. The van der Waals surface area contributed by atoms with Gasteiger partial charge in [0, 0.05) is 11.1 Å². The van der Waals surface area contributed by atoms with Crippen LogP contribution in [0.15, 0.2) is 54.6 Å². The first-order chi connectivity index (χ1) is 15.8. The molecule has 33 heavy (non-hydrogen) atoms. The normalized spacial score (nSPS) is 12.5. The van der Waals surface area contributed by atoms with Crippen molar-refractivity contribution in [2.24, 2.45) is 0 Å². The number of fused-ring (bicyclic) bond motifs is 3. The number of alkyl halides is 3. The van der Waals surface area contributed by atoms with Gasteiger partial charge in [0.2, 0.25) is 0 Å². The van der Waals surface area contributed by atoms with Gasteiger partial charge in [0.1, 0.15) is 5.82 Å². The van der Waals surface area contributed by atoms with Crippen LogP contribution in [-0.2, 0) is 25.4 Å². The standard InChI is InChI=1S/C29H26F4/c1-2-3-4-5-6-20-9-14-25-23(17-20)12-13-24-18-21(10-15-26(24)25)7-8-22-11-16-27(28(30)19-22)29(31,32)33/h9-11,14-19H,2-6,12-13H2,1H3. The SMILES string of the molecule is CCCCCCc1ccc2c(c1)CCc1cc(C#Cc3ccc(C(F)(F)F)c(F)c3)ccc1-2.